The van der Waals surface area contributed by atoms with Crippen LogP contribution in [-0.2, 0) is 17.8 Å². The third kappa shape index (κ3) is 3.67. The van der Waals surface area contributed by atoms with Gasteiger partial charge in [-0.1, -0.05) is 42.5 Å². The number of hydrogen-bond acceptors (Lipinski definition) is 1. The molecule has 94 valence electrons. The van der Waals surface area contributed by atoms with Gasteiger partial charge < -0.3 is 4.74 Å². The van der Waals surface area contributed by atoms with E-state index in [4.69, 9.17) is 4.74 Å². The molecule has 2 aromatic carbocycles. The second-order valence-electron chi connectivity index (χ2n) is 4.38. The maximum atomic E-state index is 13.5. The van der Waals surface area contributed by atoms with Crippen LogP contribution in [0, 0.1) is 12.7 Å². The van der Waals surface area contributed by atoms with Crippen molar-refractivity contribution in [2.24, 2.45) is 0 Å². The molecule has 0 aliphatic carbocycles. The zero-order valence-corrected chi connectivity index (χ0v) is 10.5. The Hall–Kier alpha value is -1.67. The van der Waals surface area contributed by atoms with Gasteiger partial charge >= 0.3 is 0 Å². The van der Waals surface area contributed by atoms with E-state index in [2.05, 4.69) is 0 Å². The Labute approximate surface area is 107 Å². The Kier molecular flexibility index (Phi) is 4.48. The van der Waals surface area contributed by atoms with E-state index in [9.17, 15) is 4.39 Å². The summed E-state index contributed by atoms with van der Waals surface area (Å²) >= 11 is 0. The lowest BCUT2D eigenvalue weighted by molar-refractivity contribution is 0.123. The number of benzene rings is 2. The van der Waals surface area contributed by atoms with Crippen LogP contribution in [0.15, 0.2) is 48.5 Å². The van der Waals surface area contributed by atoms with Crippen LogP contribution in [0.2, 0.25) is 0 Å². The minimum Gasteiger partial charge on any atom is -0.376 e. The lowest BCUT2D eigenvalue weighted by atomic mass is 10.1. The van der Waals surface area contributed by atoms with Gasteiger partial charge in [0.15, 0.2) is 0 Å². The van der Waals surface area contributed by atoms with E-state index in [0.29, 0.717) is 25.2 Å². The summed E-state index contributed by atoms with van der Waals surface area (Å²) in [6.07, 6.45) is 0.610. The fourth-order valence-electron chi connectivity index (χ4n) is 1.80. The molecule has 0 saturated heterocycles. The summed E-state index contributed by atoms with van der Waals surface area (Å²) in [5.74, 6) is -0.140. The van der Waals surface area contributed by atoms with Gasteiger partial charge in [-0.25, -0.2) is 4.39 Å². The lowest BCUT2D eigenvalue weighted by Gasteiger charge is -2.06. The molecule has 0 spiro atoms. The van der Waals surface area contributed by atoms with Crippen molar-refractivity contribution in [1.82, 2.24) is 0 Å². The van der Waals surface area contributed by atoms with Crippen LogP contribution < -0.4 is 0 Å². The molecule has 0 aliphatic rings. The largest absolute Gasteiger partial charge is 0.376 e. The van der Waals surface area contributed by atoms with Crippen LogP contribution in [0.5, 0.6) is 0 Å². The second kappa shape index (κ2) is 6.31. The van der Waals surface area contributed by atoms with Gasteiger partial charge in [0.25, 0.3) is 0 Å². The summed E-state index contributed by atoms with van der Waals surface area (Å²) in [4.78, 5) is 0. The monoisotopic (exact) mass is 244 g/mol. The van der Waals surface area contributed by atoms with Crippen molar-refractivity contribution in [2.45, 2.75) is 20.0 Å². The highest BCUT2D eigenvalue weighted by Crippen LogP contribution is 2.11. The predicted molar refractivity (Wildman–Crippen MR) is 70.9 cm³/mol. The standard InChI is InChI=1S/C16H17FO/c1-13-7-8-15(16(17)11-13)9-10-18-12-14-5-3-2-4-6-14/h2-8,11H,9-10,12H2,1H3. The predicted octanol–water partition coefficient (Wildman–Crippen LogP) is 3.89. The van der Waals surface area contributed by atoms with Crippen molar-refractivity contribution in [3.8, 4) is 0 Å². The van der Waals surface area contributed by atoms with Crippen LogP contribution >= 0.6 is 0 Å². The Morgan fingerprint density at radius 1 is 1.06 bits per heavy atom. The molecule has 2 heteroatoms. The summed E-state index contributed by atoms with van der Waals surface area (Å²) in [6, 6.07) is 15.3. The van der Waals surface area contributed by atoms with Crippen molar-refractivity contribution < 1.29 is 9.13 Å². The number of aryl methyl sites for hydroxylation is 1. The molecule has 0 amide bonds. The van der Waals surface area contributed by atoms with Gasteiger partial charge in [-0.2, -0.15) is 0 Å². The molecule has 0 aliphatic heterocycles. The van der Waals surface area contributed by atoms with Gasteiger partial charge in [-0.15, -0.1) is 0 Å². The van der Waals surface area contributed by atoms with Crippen LogP contribution in [0.1, 0.15) is 16.7 Å². The molecule has 0 bridgehead atoms. The van der Waals surface area contributed by atoms with Crippen LogP contribution in [-0.4, -0.2) is 6.61 Å². The number of ether oxygens (including phenoxy) is 1. The van der Waals surface area contributed by atoms with Gasteiger partial charge in [-0.3, -0.25) is 0 Å². The van der Waals surface area contributed by atoms with Crippen molar-refractivity contribution in [1.29, 1.82) is 0 Å². The molecule has 0 saturated carbocycles. The normalized spacial score (nSPS) is 10.6. The Morgan fingerprint density at radius 3 is 2.56 bits per heavy atom. The van der Waals surface area contributed by atoms with Gasteiger partial charge in [0, 0.05) is 0 Å². The fourth-order valence-corrected chi connectivity index (χ4v) is 1.80. The molecule has 0 unspecified atom stereocenters. The number of halogens is 1. The fraction of sp³-hybridized carbons (Fsp3) is 0.250. The van der Waals surface area contributed by atoms with Crippen LogP contribution in [0.25, 0.3) is 0 Å². The molecule has 0 radical (unpaired) electrons. The Bertz CT molecular complexity index is 494. The number of rotatable bonds is 5. The molecular formula is C16H17FO. The van der Waals surface area contributed by atoms with Crippen molar-refractivity contribution in [3.63, 3.8) is 0 Å². The van der Waals surface area contributed by atoms with E-state index in [0.717, 1.165) is 11.1 Å². The maximum Gasteiger partial charge on any atom is 0.126 e. The summed E-state index contributed by atoms with van der Waals surface area (Å²) in [5.41, 5.74) is 2.80. The molecular weight excluding hydrogens is 227 g/mol. The minimum absolute atomic E-state index is 0.140. The van der Waals surface area contributed by atoms with E-state index in [1.54, 1.807) is 6.07 Å². The average Bonchev–Trinajstić information content (AvgIpc) is 2.38. The quantitative estimate of drug-likeness (QED) is 0.725. The first kappa shape index (κ1) is 12.8. The van der Waals surface area contributed by atoms with Crippen molar-refractivity contribution >= 4 is 0 Å². The van der Waals surface area contributed by atoms with Gasteiger partial charge in [0.1, 0.15) is 5.82 Å². The highest BCUT2D eigenvalue weighted by Gasteiger charge is 2.02. The summed E-state index contributed by atoms with van der Waals surface area (Å²) in [7, 11) is 0. The molecule has 0 fully saturated rings. The molecule has 1 nitrogen and oxygen atoms in total. The van der Waals surface area contributed by atoms with E-state index in [1.807, 2.05) is 49.4 Å². The van der Waals surface area contributed by atoms with Crippen molar-refractivity contribution in [2.75, 3.05) is 6.61 Å². The minimum atomic E-state index is -0.140. The SMILES string of the molecule is Cc1ccc(CCOCc2ccccc2)c(F)c1. The van der Waals surface area contributed by atoms with Crippen molar-refractivity contribution in [3.05, 3.63) is 71.0 Å². The highest BCUT2D eigenvalue weighted by atomic mass is 19.1. The highest BCUT2D eigenvalue weighted by molar-refractivity contribution is 5.23. The molecule has 2 aromatic rings. The van der Waals surface area contributed by atoms with Gasteiger partial charge in [-0.05, 0) is 36.1 Å². The van der Waals surface area contributed by atoms with Crippen LogP contribution in [0.3, 0.4) is 0 Å². The molecule has 2 rings (SSSR count). The van der Waals surface area contributed by atoms with E-state index in [1.165, 1.54) is 0 Å². The lowest BCUT2D eigenvalue weighted by Crippen LogP contribution is -2.01. The number of hydrogen-bond donors (Lipinski definition) is 0. The van der Waals surface area contributed by atoms with Crippen LogP contribution in [0.4, 0.5) is 4.39 Å². The second-order valence-corrected chi connectivity index (χ2v) is 4.38. The molecule has 0 N–H and O–H groups in total. The van der Waals surface area contributed by atoms with Gasteiger partial charge in [0.2, 0.25) is 0 Å². The first-order valence-corrected chi connectivity index (χ1v) is 6.12. The molecule has 18 heavy (non-hydrogen) atoms. The zero-order chi connectivity index (χ0) is 12.8. The third-order valence-corrected chi connectivity index (χ3v) is 2.84. The van der Waals surface area contributed by atoms with E-state index in [-0.39, 0.29) is 5.82 Å². The third-order valence-electron chi connectivity index (χ3n) is 2.84. The Morgan fingerprint density at radius 2 is 1.83 bits per heavy atom. The topological polar surface area (TPSA) is 9.23 Å². The summed E-state index contributed by atoms with van der Waals surface area (Å²) < 4.78 is 19.1. The molecule has 0 atom stereocenters. The van der Waals surface area contributed by atoms with E-state index >= 15 is 0 Å². The zero-order valence-electron chi connectivity index (χ0n) is 10.5. The molecule has 0 aromatic heterocycles. The first-order valence-electron chi connectivity index (χ1n) is 6.12. The summed E-state index contributed by atoms with van der Waals surface area (Å²) in [5, 5.41) is 0. The molecule has 0 heterocycles. The Balaban J connectivity index is 1.79. The smallest absolute Gasteiger partial charge is 0.126 e. The summed E-state index contributed by atoms with van der Waals surface area (Å²) in [6.45, 7) is 3.00. The van der Waals surface area contributed by atoms with E-state index < -0.39 is 0 Å². The van der Waals surface area contributed by atoms with Gasteiger partial charge in [0.05, 0.1) is 13.2 Å². The maximum absolute atomic E-state index is 13.5. The first-order chi connectivity index (χ1) is 8.75. The average molecular weight is 244 g/mol.